The summed E-state index contributed by atoms with van der Waals surface area (Å²) in [5, 5.41) is 0. The summed E-state index contributed by atoms with van der Waals surface area (Å²) in [4.78, 5) is 0. The van der Waals surface area contributed by atoms with Crippen LogP contribution in [0.3, 0.4) is 0 Å². The molecule has 5 heteroatoms. The second-order valence-corrected chi connectivity index (χ2v) is 8.30. The van der Waals surface area contributed by atoms with E-state index in [0.29, 0.717) is 53.4 Å². The van der Waals surface area contributed by atoms with Gasteiger partial charge in [-0.15, -0.1) is 6.58 Å². The summed E-state index contributed by atoms with van der Waals surface area (Å²) in [6.45, 7) is 6.65. The topological polar surface area (TPSA) is 18.5 Å². The molecule has 0 unspecified atom stereocenters. The minimum Gasteiger partial charge on any atom is -0.348 e. The predicted octanol–water partition coefficient (Wildman–Crippen LogP) is 7.63. The van der Waals surface area contributed by atoms with Gasteiger partial charge in [0.15, 0.2) is 17.9 Å². The lowest BCUT2D eigenvalue weighted by molar-refractivity contribution is -0.205. The Labute approximate surface area is 192 Å². The van der Waals surface area contributed by atoms with Gasteiger partial charge in [0.1, 0.15) is 5.82 Å². The fourth-order valence-corrected chi connectivity index (χ4v) is 4.08. The van der Waals surface area contributed by atoms with Gasteiger partial charge in [-0.1, -0.05) is 61.5 Å². The van der Waals surface area contributed by atoms with E-state index < -0.39 is 23.7 Å². The molecule has 0 spiro atoms. The fraction of sp³-hybridized carbons (Fsp3) is 0.286. The SMILES string of the molecule is C=CCCC1COC(c2ccc(-c3ccc(-c4ccc(CC)c(F)c4F)cc3)c(F)c2)OC1. The number of hydrogen-bond acceptors (Lipinski definition) is 2. The van der Waals surface area contributed by atoms with Crippen LogP contribution >= 0.6 is 0 Å². The zero-order valence-corrected chi connectivity index (χ0v) is 18.6. The number of halogens is 3. The normalized spacial score (nSPS) is 18.3. The largest absolute Gasteiger partial charge is 0.348 e. The monoisotopic (exact) mass is 452 g/mol. The number of allylic oxidation sites excluding steroid dienone is 1. The van der Waals surface area contributed by atoms with Crippen LogP contribution in [-0.4, -0.2) is 13.2 Å². The molecule has 1 aliphatic rings. The summed E-state index contributed by atoms with van der Waals surface area (Å²) in [6, 6.07) is 14.8. The minimum absolute atomic E-state index is 0.185. The molecular weight excluding hydrogens is 425 g/mol. The molecule has 4 rings (SSSR count). The third-order valence-corrected chi connectivity index (χ3v) is 6.06. The molecule has 1 fully saturated rings. The average molecular weight is 453 g/mol. The van der Waals surface area contributed by atoms with Crippen molar-refractivity contribution in [1.29, 1.82) is 0 Å². The molecule has 1 aliphatic heterocycles. The summed E-state index contributed by atoms with van der Waals surface area (Å²) in [5.41, 5.74) is 2.74. The first-order valence-corrected chi connectivity index (χ1v) is 11.2. The van der Waals surface area contributed by atoms with Crippen molar-refractivity contribution in [2.45, 2.75) is 32.5 Å². The quantitative estimate of drug-likeness (QED) is 0.343. The highest BCUT2D eigenvalue weighted by Gasteiger charge is 2.24. The van der Waals surface area contributed by atoms with Crippen molar-refractivity contribution >= 4 is 0 Å². The Morgan fingerprint density at radius 3 is 2.12 bits per heavy atom. The molecule has 2 nitrogen and oxygen atoms in total. The molecule has 0 radical (unpaired) electrons. The first-order chi connectivity index (χ1) is 16.0. The van der Waals surface area contributed by atoms with Crippen LogP contribution in [0.2, 0.25) is 0 Å². The van der Waals surface area contributed by atoms with Gasteiger partial charge in [-0.2, -0.15) is 0 Å². The van der Waals surface area contributed by atoms with Crippen molar-refractivity contribution in [3.8, 4) is 22.3 Å². The first-order valence-electron chi connectivity index (χ1n) is 11.2. The lowest BCUT2D eigenvalue weighted by atomic mass is 9.97. The van der Waals surface area contributed by atoms with E-state index in [9.17, 15) is 13.2 Å². The fourth-order valence-electron chi connectivity index (χ4n) is 4.08. The highest BCUT2D eigenvalue weighted by molar-refractivity contribution is 5.71. The molecule has 0 atom stereocenters. The summed E-state index contributed by atoms with van der Waals surface area (Å²) < 4.78 is 55.1. The van der Waals surface area contributed by atoms with Crippen molar-refractivity contribution in [2.24, 2.45) is 5.92 Å². The molecule has 0 N–H and O–H groups in total. The van der Waals surface area contributed by atoms with Gasteiger partial charge in [0, 0.05) is 22.6 Å². The van der Waals surface area contributed by atoms with E-state index in [4.69, 9.17) is 9.47 Å². The van der Waals surface area contributed by atoms with E-state index in [0.717, 1.165) is 12.8 Å². The minimum atomic E-state index is -0.864. The molecule has 3 aromatic rings. The Hall–Kier alpha value is -2.89. The van der Waals surface area contributed by atoms with Crippen molar-refractivity contribution in [1.82, 2.24) is 0 Å². The van der Waals surface area contributed by atoms with E-state index in [1.807, 2.05) is 6.08 Å². The van der Waals surface area contributed by atoms with E-state index in [2.05, 4.69) is 6.58 Å². The van der Waals surface area contributed by atoms with Gasteiger partial charge < -0.3 is 9.47 Å². The van der Waals surface area contributed by atoms with Crippen LogP contribution in [0.1, 0.15) is 37.2 Å². The van der Waals surface area contributed by atoms with Crippen LogP contribution in [-0.2, 0) is 15.9 Å². The maximum absolute atomic E-state index is 14.9. The van der Waals surface area contributed by atoms with Crippen LogP contribution in [0.15, 0.2) is 67.3 Å². The molecule has 172 valence electrons. The molecule has 3 aromatic carbocycles. The van der Waals surface area contributed by atoms with Crippen LogP contribution in [0.25, 0.3) is 22.3 Å². The van der Waals surface area contributed by atoms with Gasteiger partial charge in [-0.05, 0) is 42.0 Å². The van der Waals surface area contributed by atoms with E-state index in [1.165, 1.54) is 6.07 Å². The van der Waals surface area contributed by atoms with Crippen molar-refractivity contribution in [3.05, 3.63) is 95.8 Å². The zero-order valence-electron chi connectivity index (χ0n) is 18.6. The van der Waals surface area contributed by atoms with Gasteiger partial charge in [-0.25, -0.2) is 13.2 Å². The van der Waals surface area contributed by atoms with Crippen molar-refractivity contribution < 1.29 is 22.6 Å². The third-order valence-electron chi connectivity index (χ3n) is 6.06. The molecule has 33 heavy (non-hydrogen) atoms. The standard InChI is InChI=1S/C28H27F3O2/c1-3-5-6-18-16-32-28(33-17-18)22-12-13-23(25(29)15-22)20-7-9-21(10-8-20)24-14-11-19(4-2)26(30)27(24)31/h3,7-15,18,28H,1,4-6,16-17H2,2H3. The van der Waals surface area contributed by atoms with E-state index >= 15 is 0 Å². The second kappa shape index (κ2) is 10.4. The predicted molar refractivity (Wildman–Crippen MR) is 124 cm³/mol. The highest BCUT2D eigenvalue weighted by Crippen LogP contribution is 2.33. The Morgan fingerprint density at radius 2 is 1.52 bits per heavy atom. The lowest BCUT2D eigenvalue weighted by Gasteiger charge is -2.29. The van der Waals surface area contributed by atoms with Gasteiger partial charge in [0.25, 0.3) is 0 Å². The van der Waals surface area contributed by atoms with Crippen LogP contribution in [0.4, 0.5) is 13.2 Å². The van der Waals surface area contributed by atoms with E-state index in [-0.39, 0.29) is 5.56 Å². The number of benzene rings is 3. The number of ether oxygens (including phenoxy) is 2. The zero-order chi connectivity index (χ0) is 23.4. The number of rotatable bonds is 7. The lowest BCUT2D eigenvalue weighted by Crippen LogP contribution is -2.27. The second-order valence-electron chi connectivity index (χ2n) is 8.30. The Morgan fingerprint density at radius 1 is 0.879 bits per heavy atom. The maximum Gasteiger partial charge on any atom is 0.183 e. The molecule has 1 heterocycles. The molecule has 0 amide bonds. The highest BCUT2D eigenvalue weighted by atomic mass is 19.2. The van der Waals surface area contributed by atoms with Crippen LogP contribution < -0.4 is 0 Å². The molecule has 0 aliphatic carbocycles. The van der Waals surface area contributed by atoms with Gasteiger partial charge in [0.05, 0.1) is 13.2 Å². The molecule has 1 saturated heterocycles. The van der Waals surface area contributed by atoms with Crippen molar-refractivity contribution in [3.63, 3.8) is 0 Å². The average Bonchev–Trinajstić information content (AvgIpc) is 2.85. The Bertz CT molecular complexity index is 1120. The smallest absolute Gasteiger partial charge is 0.183 e. The third kappa shape index (κ3) is 5.05. The number of aryl methyl sites for hydroxylation is 1. The van der Waals surface area contributed by atoms with Gasteiger partial charge in [-0.3, -0.25) is 0 Å². The van der Waals surface area contributed by atoms with Crippen LogP contribution in [0.5, 0.6) is 0 Å². The molecule has 0 saturated carbocycles. The first kappa shape index (κ1) is 23.3. The van der Waals surface area contributed by atoms with E-state index in [1.54, 1.807) is 55.5 Å². The van der Waals surface area contributed by atoms with Gasteiger partial charge in [0.2, 0.25) is 0 Å². The van der Waals surface area contributed by atoms with Gasteiger partial charge >= 0.3 is 0 Å². The van der Waals surface area contributed by atoms with Crippen molar-refractivity contribution in [2.75, 3.05) is 13.2 Å². The summed E-state index contributed by atoms with van der Waals surface area (Å²) in [6.07, 6.45) is 3.59. The van der Waals surface area contributed by atoms with Crippen LogP contribution in [0, 0.1) is 23.4 Å². The summed E-state index contributed by atoms with van der Waals surface area (Å²) in [5.74, 6) is -1.76. The molecule has 0 aromatic heterocycles. The molecule has 0 bridgehead atoms. The number of hydrogen-bond donors (Lipinski definition) is 0. The summed E-state index contributed by atoms with van der Waals surface area (Å²) in [7, 11) is 0. The summed E-state index contributed by atoms with van der Waals surface area (Å²) >= 11 is 0. The molecular formula is C28H27F3O2. The maximum atomic E-state index is 14.9. The Balaban J connectivity index is 1.49. The Kier molecular flexibility index (Phi) is 7.31.